The van der Waals surface area contributed by atoms with Gasteiger partial charge in [0, 0.05) is 7.05 Å². The van der Waals surface area contributed by atoms with Gasteiger partial charge in [0.15, 0.2) is 0 Å². The number of rotatable bonds is 4. The summed E-state index contributed by atoms with van der Waals surface area (Å²) in [6, 6.07) is 5.94. The van der Waals surface area contributed by atoms with Gasteiger partial charge in [0.25, 0.3) is 0 Å². The maximum absolute atomic E-state index is 9.82. The summed E-state index contributed by atoms with van der Waals surface area (Å²) in [5.41, 5.74) is 4.32. The summed E-state index contributed by atoms with van der Waals surface area (Å²) in [7, 11) is 1.93. The highest BCUT2D eigenvalue weighted by Crippen LogP contribution is 2.33. The first kappa shape index (κ1) is 14.6. The molecule has 0 saturated heterocycles. The Morgan fingerprint density at radius 2 is 2.29 bits per heavy atom. The minimum Gasteiger partial charge on any atom is -0.487 e. The fourth-order valence-corrected chi connectivity index (χ4v) is 3.52. The molecule has 21 heavy (non-hydrogen) atoms. The van der Waals surface area contributed by atoms with Gasteiger partial charge in [0.1, 0.15) is 12.4 Å². The fourth-order valence-electron chi connectivity index (χ4n) is 2.79. The van der Waals surface area contributed by atoms with E-state index < -0.39 is 0 Å². The Balaban J connectivity index is 1.75. The SMILES string of the molecule is CCc1nn(C)c(COc2ccc3c(c2)CCC3O)c1Br. The van der Waals surface area contributed by atoms with E-state index in [0.29, 0.717) is 6.61 Å². The summed E-state index contributed by atoms with van der Waals surface area (Å²) in [5.74, 6) is 0.842. The molecule has 1 aliphatic carbocycles. The van der Waals surface area contributed by atoms with Gasteiger partial charge in [-0.2, -0.15) is 5.10 Å². The number of hydrogen-bond donors (Lipinski definition) is 1. The molecule has 1 aromatic carbocycles. The van der Waals surface area contributed by atoms with Gasteiger partial charge >= 0.3 is 0 Å². The lowest BCUT2D eigenvalue weighted by molar-refractivity contribution is 0.180. The molecule has 1 atom stereocenters. The summed E-state index contributed by atoms with van der Waals surface area (Å²) in [6.07, 6.45) is 2.31. The van der Waals surface area contributed by atoms with E-state index in [9.17, 15) is 5.11 Å². The first-order valence-electron chi connectivity index (χ1n) is 7.24. The van der Waals surface area contributed by atoms with Crippen LogP contribution >= 0.6 is 15.9 Å². The Morgan fingerprint density at radius 1 is 1.48 bits per heavy atom. The van der Waals surface area contributed by atoms with Crippen LogP contribution in [0.25, 0.3) is 0 Å². The maximum atomic E-state index is 9.82. The smallest absolute Gasteiger partial charge is 0.131 e. The molecule has 0 saturated carbocycles. The number of fused-ring (bicyclic) bond motifs is 1. The monoisotopic (exact) mass is 350 g/mol. The average molecular weight is 351 g/mol. The molecule has 0 amide bonds. The van der Waals surface area contributed by atoms with Gasteiger partial charge in [-0.05, 0) is 58.5 Å². The Hall–Kier alpha value is -1.33. The quantitative estimate of drug-likeness (QED) is 0.920. The first-order chi connectivity index (χ1) is 10.1. The van der Waals surface area contributed by atoms with Crippen molar-refractivity contribution in [2.75, 3.05) is 0 Å². The molecule has 0 bridgehead atoms. The van der Waals surface area contributed by atoms with E-state index >= 15 is 0 Å². The fraction of sp³-hybridized carbons (Fsp3) is 0.438. The van der Waals surface area contributed by atoms with Gasteiger partial charge in [0.05, 0.1) is 22.0 Å². The van der Waals surface area contributed by atoms with Crippen molar-refractivity contribution >= 4 is 15.9 Å². The number of ether oxygens (including phenoxy) is 1. The van der Waals surface area contributed by atoms with E-state index in [1.54, 1.807) is 0 Å². The van der Waals surface area contributed by atoms with Crippen LogP contribution in [0.2, 0.25) is 0 Å². The number of aryl methyl sites for hydroxylation is 3. The van der Waals surface area contributed by atoms with Crippen LogP contribution in [0.5, 0.6) is 5.75 Å². The normalized spacial score (nSPS) is 17.0. The molecule has 112 valence electrons. The van der Waals surface area contributed by atoms with E-state index in [2.05, 4.69) is 28.0 Å². The second kappa shape index (κ2) is 5.81. The van der Waals surface area contributed by atoms with E-state index in [1.807, 2.05) is 29.9 Å². The van der Waals surface area contributed by atoms with Crippen molar-refractivity contribution in [3.05, 3.63) is 45.2 Å². The zero-order valence-corrected chi connectivity index (χ0v) is 13.9. The number of nitrogens with zero attached hydrogens (tertiary/aromatic N) is 2. The summed E-state index contributed by atoms with van der Waals surface area (Å²) < 4.78 is 8.79. The Labute approximate surface area is 132 Å². The Bertz CT molecular complexity index is 667. The van der Waals surface area contributed by atoms with Crippen LogP contribution in [0.3, 0.4) is 0 Å². The molecule has 1 heterocycles. The van der Waals surface area contributed by atoms with Gasteiger partial charge in [-0.1, -0.05) is 13.0 Å². The van der Waals surface area contributed by atoms with Gasteiger partial charge in [-0.25, -0.2) is 0 Å². The zero-order chi connectivity index (χ0) is 15.0. The molecule has 0 spiro atoms. The van der Waals surface area contributed by atoms with Gasteiger partial charge in [0.2, 0.25) is 0 Å². The lowest BCUT2D eigenvalue weighted by Crippen LogP contribution is -2.04. The third-order valence-corrected chi connectivity index (χ3v) is 4.95. The highest BCUT2D eigenvalue weighted by atomic mass is 79.9. The Kier molecular flexibility index (Phi) is 4.04. The molecule has 4 nitrogen and oxygen atoms in total. The van der Waals surface area contributed by atoms with Crippen LogP contribution < -0.4 is 4.74 Å². The molecular weight excluding hydrogens is 332 g/mol. The molecule has 1 N–H and O–H groups in total. The number of hydrogen-bond acceptors (Lipinski definition) is 3. The van der Waals surface area contributed by atoms with Crippen LogP contribution in [-0.2, 0) is 26.5 Å². The minimum atomic E-state index is -0.313. The number of aliphatic hydroxyl groups is 1. The first-order valence-corrected chi connectivity index (χ1v) is 8.03. The second-order valence-corrected chi connectivity index (χ2v) is 6.18. The maximum Gasteiger partial charge on any atom is 0.131 e. The lowest BCUT2D eigenvalue weighted by atomic mass is 10.1. The molecule has 3 rings (SSSR count). The number of halogens is 1. The average Bonchev–Trinajstić information content (AvgIpc) is 2.98. The highest BCUT2D eigenvalue weighted by Gasteiger charge is 2.20. The molecule has 1 aliphatic rings. The summed E-state index contributed by atoms with van der Waals surface area (Å²) in [4.78, 5) is 0. The van der Waals surface area contributed by atoms with Gasteiger partial charge in [-0.3, -0.25) is 4.68 Å². The van der Waals surface area contributed by atoms with Crippen molar-refractivity contribution in [2.45, 2.75) is 38.9 Å². The van der Waals surface area contributed by atoms with Crippen LogP contribution in [0.4, 0.5) is 0 Å². The van der Waals surface area contributed by atoms with Crippen LogP contribution in [0.1, 0.15) is 42.0 Å². The Morgan fingerprint density at radius 3 is 3.00 bits per heavy atom. The van der Waals surface area contributed by atoms with E-state index in [-0.39, 0.29) is 6.10 Å². The third-order valence-electron chi connectivity index (χ3n) is 4.04. The summed E-state index contributed by atoms with van der Waals surface area (Å²) >= 11 is 3.60. The van der Waals surface area contributed by atoms with Crippen molar-refractivity contribution in [3.8, 4) is 5.75 Å². The van der Waals surface area contributed by atoms with Crippen molar-refractivity contribution in [2.24, 2.45) is 7.05 Å². The molecular formula is C16H19BrN2O2. The molecule has 0 fully saturated rings. The molecule has 1 aromatic heterocycles. The van der Waals surface area contributed by atoms with E-state index in [4.69, 9.17) is 4.74 Å². The topological polar surface area (TPSA) is 47.3 Å². The highest BCUT2D eigenvalue weighted by molar-refractivity contribution is 9.10. The second-order valence-electron chi connectivity index (χ2n) is 5.39. The number of aromatic nitrogens is 2. The van der Waals surface area contributed by atoms with E-state index in [0.717, 1.165) is 46.4 Å². The standard InChI is InChI=1S/C16H19BrN2O2/c1-3-13-16(17)14(19(2)18-13)9-21-11-5-6-12-10(8-11)4-7-15(12)20/h5-6,8,15,20H,3-4,7,9H2,1-2H3. The summed E-state index contributed by atoms with van der Waals surface area (Å²) in [6.45, 7) is 2.56. The molecule has 0 radical (unpaired) electrons. The van der Waals surface area contributed by atoms with Crippen molar-refractivity contribution in [1.29, 1.82) is 0 Å². The number of aliphatic hydroxyl groups excluding tert-OH is 1. The van der Waals surface area contributed by atoms with Crippen molar-refractivity contribution < 1.29 is 9.84 Å². The predicted molar refractivity (Wildman–Crippen MR) is 84.3 cm³/mol. The third kappa shape index (κ3) is 2.72. The lowest BCUT2D eigenvalue weighted by Gasteiger charge is -2.09. The molecule has 1 unspecified atom stereocenters. The van der Waals surface area contributed by atoms with Crippen LogP contribution in [0.15, 0.2) is 22.7 Å². The molecule has 0 aliphatic heterocycles. The van der Waals surface area contributed by atoms with Crippen molar-refractivity contribution in [1.82, 2.24) is 9.78 Å². The summed E-state index contributed by atoms with van der Waals surface area (Å²) in [5, 5.41) is 14.3. The van der Waals surface area contributed by atoms with Crippen LogP contribution in [-0.4, -0.2) is 14.9 Å². The minimum absolute atomic E-state index is 0.313. The van der Waals surface area contributed by atoms with Gasteiger partial charge in [-0.15, -0.1) is 0 Å². The van der Waals surface area contributed by atoms with Crippen molar-refractivity contribution in [3.63, 3.8) is 0 Å². The zero-order valence-electron chi connectivity index (χ0n) is 12.3. The molecule has 5 heteroatoms. The van der Waals surface area contributed by atoms with Gasteiger partial charge < -0.3 is 9.84 Å². The van der Waals surface area contributed by atoms with Crippen LogP contribution in [0, 0.1) is 0 Å². The largest absolute Gasteiger partial charge is 0.487 e. The van der Waals surface area contributed by atoms with E-state index in [1.165, 1.54) is 5.56 Å². The molecule has 2 aromatic rings. The number of benzene rings is 1. The predicted octanol–water partition coefficient (Wildman–Crippen LogP) is 3.30.